The van der Waals surface area contributed by atoms with Crippen molar-refractivity contribution in [1.82, 2.24) is 9.99 Å². The SMILES string of the molecule is CC(=O)Oc1ccc(/C=N\NC(=O)Cn2c3ccccc3c(=O)c3ccccc32)cc1. The van der Waals surface area contributed by atoms with E-state index in [0.717, 1.165) is 5.56 Å². The van der Waals surface area contributed by atoms with E-state index in [2.05, 4.69) is 10.5 Å². The minimum absolute atomic E-state index is 0.00400. The lowest BCUT2D eigenvalue weighted by Gasteiger charge is -2.14. The Morgan fingerprint density at radius 3 is 2.10 bits per heavy atom. The molecule has 154 valence electrons. The van der Waals surface area contributed by atoms with Crippen LogP contribution in [0.2, 0.25) is 0 Å². The molecule has 7 heteroatoms. The van der Waals surface area contributed by atoms with Gasteiger partial charge < -0.3 is 9.30 Å². The van der Waals surface area contributed by atoms with Crippen molar-refractivity contribution in [1.29, 1.82) is 0 Å². The van der Waals surface area contributed by atoms with Gasteiger partial charge in [0.1, 0.15) is 12.3 Å². The number of hydrogen-bond acceptors (Lipinski definition) is 5. The summed E-state index contributed by atoms with van der Waals surface area (Å²) in [7, 11) is 0. The highest BCUT2D eigenvalue weighted by atomic mass is 16.5. The number of esters is 1. The van der Waals surface area contributed by atoms with Crippen molar-refractivity contribution < 1.29 is 14.3 Å². The normalized spacial score (nSPS) is 11.1. The molecular weight excluding hydrogens is 394 g/mol. The summed E-state index contributed by atoms with van der Waals surface area (Å²) in [6, 6.07) is 21.2. The Morgan fingerprint density at radius 2 is 1.52 bits per heavy atom. The number of hydrogen-bond donors (Lipinski definition) is 1. The lowest BCUT2D eigenvalue weighted by atomic mass is 10.1. The van der Waals surface area contributed by atoms with Crippen molar-refractivity contribution in [2.24, 2.45) is 5.10 Å². The molecule has 0 saturated heterocycles. The number of carbonyl (C=O) groups is 2. The van der Waals surface area contributed by atoms with E-state index in [1.165, 1.54) is 13.1 Å². The van der Waals surface area contributed by atoms with Gasteiger partial charge in [-0.2, -0.15) is 5.10 Å². The third kappa shape index (κ3) is 4.35. The average Bonchev–Trinajstić information content (AvgIpc) is 2.77. The van der Waals surface area contributed by atoms with E-state index in [-0.39, 0.29) is 17.9 Å². The van der Waals surface area contributed by atoms with E-state index in [4.69, 9.17) is 4.74 Å². The van der Waals surface area contributed by atoms with E-state index >= 15 is 0 Å². The fourth-order valence-corrected chi connectivity index (χ4v) is 3.39. The average molecular weight is 413 g/mol. The Hall–Kier alpha value is -4.26. The van der Waals surface area contributed by atoms with Crippen molar-refractivity contribution in [3.05, 3.63) is 88.6 Å². The molecule has 0 saturated carbocycles. The van der Waals surface area contributed by atoms with Gasteiger partial charge in [-0.25, -0.2) is 5.43 Å². The number of amides is 1. The predicted octanol–water partition coefficient (Wildman–Crippen LogP) is 3.23. The Kier molecular flexibility index (Phi) is 5.57. The van der Waals surface area contributed by atoms with Gasteiger partial charge in [0.15, 0.2) is 5.43 Å². The van der Waals surface area contributed by atoms with Crippen molar-refractivity contribution in [2.45, 2.75) is 13.5 Å². The molecule has 0 aliphatic rings. The minimum atomic E-state index is -0.392. The number of benzene rings is 3. The highest BCUT2D eigenvalue weighted by molar-refractivity contribution is 5.95. The molecule has 0 bridgehead atoms. The highest BCUT2D eigenvalue weighted by Gasteiger charge is 2.12. The highest BCUT2D eigenvalue weighted by Crippen LogP contribution is 2.19. The molecule has 7 nitrogen and oxygen atoms in total. The van der Waals surface area contributed by atoms with E-state index in [1.54, 1.807) is 48.5 Å². The first kappa shape index (κ1) is 20.0. The summed E-state index contributed by atoms with van der Waals surface area (Å²) in [6.07, 6.45) is 1.50. The maximum atomic E-state index is 12.8. The Labute approximate surface area is 177 Å². The Bertz CT molecular complexity index is 1310. The summed E-state index contributed by atoms with van der Waals surface area (Å²) in [6.45, 7) is 1.34. The molecule has 1 N–H and O–H groups in total. The lowest BCUT2D eigenvalue weighted by molar-refractivity contribution is -0.131. The van der Waals surface area contributed by atoms with Crippen molar-refractivity contribution >= 4 is 39.9 Å². The van der Waals surface area contributed by atoms with Crippen LogP contribution >= 0.6 is 0 Å². The zero-order chi connectivity index (χ0) is 21.8. The number of carbonyl (C=O) groups excluding carboxylic acids is 2. The summed E-state index contributed by atoms with van der Waals surface area (Å²) < 4.78 is 6.79. The van der Waals surface area contributed by atoms with Gasteiger partial charge in [-0.1, -0.05) is 24.3 Å². The van der Waals surface area contributed by atoms with Crippen LogP contribution in [-0.2, 0) is 16.1 Å². The summed E-state index contributed by atoms with van der Waals surface area (Å²) >= 11 is 0. The second-order valence-electron chi connectivity index (χ2n) is 6.91. The number of aromatic nitrogens is 1. The third-order valence-electron chi connectivity index (χ3n) is 4.73. The standard InChI is InChI=1S/C24H19N3O4/c1-16(28)31-18-12-10-17(11-13-18)14-25-26-23(29)15-27-21-8-4-2-6-19(21)24(30)20-7-3-5-9-22(20)27/h2-14H,15H2,1H3,(H,26,29)/b25-14-. The minimum Gasteiger partial charge on any atom is -0.427 e. The van der Waals surface area contributed by atoms with Crippen molar-refractivity contribution in [3.8, 4) is 5.75 Å². The Morgan fingerprint density at radius 1 is 0.935 bits per heavy atom. The summed E-state index contributed by atoms with van der Waals surface area (Å²) in [5.74, 6) is -0.284. The third-order valence-corrected chi connectivity index (χ3v) is 4.73. The van der Waals surface area contributed by atoms with Gasteiger partial charge in [-0.15, -0.1) is 0 Å². The van der Waals surface area contributed by atoms with Crippen LogP contribution < -0.4 is 15.6 Å². The van der Waals surface area contributed by atoms with E-state index in [1.807, 2.05) is 28.8 Å². The molecule has 1 aromatic heterocycles. The molecule has 3 aromatic carbocycles. The summed E-state index contributed by atoms with van der Waals surface area (Å²) in [5, 5.41) is 5.12. The molecule has 0 atom stereocenters. The number of pyridine rings is 1. The molecule has 1 amide bonds. The molecular formula is C24H19N3O4. The van der Waals surface area contributed by atoms with Gasteiger partial charge in [-0.3, -0.25) is 14.4 Å². The lowest BCUT2D eigenvalue weighted by Crippen LogP contribution is -2.25. The molecule has 0 aliphatic carbocycles. The van der Waals surface area contributed by atoms with Gasteiger partial charge in [-0.05, 0) is 54.1 Å². The van der Waals surface area contributed by atoms with Crippen LogP contribution in [0.3, 0.4) is 0 Å². The van der Waals surface area contributed by atoms with Crippen LogP contribution in [0.4, 0.5) is 0 Å². The quantitative estimate of drug-likeness (QED) is 0.179. The molecule has 0 unspecified atom stereocenters. The molecule has 0 radical (unpaired) electrons. The van der Waals surface area contributed by atoms with E-state index in [9.17, 15) is 14.4 Å². The van der Waals surface area contributed by atoms with E-state index in [0.29, 0.717) is 27.6 Å². The number of nitrogens with one attached hydrogen (secondary N) is 1. The van der Waals surface area contributed by atoms with Crippen molar-refractivity contribution in [2.75, 3.05) is 0 Å². The number of fused-ring (bicyclic) bond motifs is 2. The van der Waals surface area contributed by atoms with Gasteiger partial charge in [0.25, 0.3) is 5.91 Å². The second kappa shape index (κ2) is 8.62. The molecule has 0 aliphatic heterocycles. The summed E-state index contributed by atoms with van der Waals surface area (Å²) in [5.41, 5.74) is 4.56. The predicted molar refractivity (Wildman–Crippen MR) is 119 cm³/mol. The monoisotopic (exact) mass is 413 g/mol. The zero-order valence-electron chi connectivity index (χ0n) is 16.7. The molecule has 31 heavy (non-hydrogen) atoms. The molecule has 0 fully saturated rings. The topological polar surface area (TPSA) is 89.8 Å². The van der Waals surface area contributed by atoms with E-state index < -0.39 is 5.97 Å². The largest absolute Gasteiger partial charge is 0.427 e. The number of ether oxygens (including phenoxy) is 1. The van der Waals surface area contributed by atoms with Crippen LogP contribution in [0.25, 0.3) is 21.8 Å². The number of nitrogens with zero attached hydrogens (tertiary/aromatic N) is 2. The van der Waals surface area contributed by atoms with Gasteiger partial charge in [0.05, 0.1) is 17.2 Å². The molecule has 4 aromatic rings. The number of para-hydroxylation sites is 2. The van der Waals surface area contributed by atoms with Crippen LogP contribution in [0.15, 0.2) is 82.7 Å². The van der Waals surface area contributed by atoms with Crippen LogP contribution in [0, 0.1) is 0 Å². The van der Waals surface area contributed by atoms with Gasteiger partial charge >= 0.3 is 5.97 Å². The first-order valence-corrected chi connectivity index (χ1v) is 9.63. The molecule has 0 spiro atoms. The van der Waals surface area contributed by atoms with Crippen LogP contribution in [0.1, 0.15) is 12.5 Å². The maximum Gasteiger partial charge on any atom is 0.308 e. The second-order valence-corrected chi connectivity index (χ2v) is 6.91. The first-order valence-electron chi connectivity index (χ1n) is 9.63. The fourth-order valence-electron chi connectivity index (χ4n) is 3.39. The maximum absolute atomic E-state index is 12.8. The fraction of sp³-hybridized carbons (Fsp3) is 0.0833. The first-order chi connectivity index (χ1) is 15.0. The van der Waals surface area contributed by atoms with Crippen LogP contribution in [-0.4, -0.2) is 22.7 Å². The van der Waals surface area contributed by atoms with Gasteiger partial charge in [0.2, 0.25) is 0 Å². The van der Waals surface area contributed by atoms with Gasteiger partial charge in [0, 0.05) is 17.7 Å². The Balaban J connectivity index is 1.55. The van der Waals surface area contributed by atoms with Crippen molar-refractivity contribution in [3.63, 3.8) is 0 Å². The van der Waals surface area contributed by atoms with Crippen LogP contribution in [0.5, 0.6) is 5.75 Å². The number of hydrazone groups is 1. The molecule has 1 heterocycles. The molecule has 4 rings (SSSR count). The number of rotatable bonds is 5. The zero-order valence-corrected chi connectivity index (χ0v) is 16.7. The summed E-state index contributed by atoms with van der Waals surface area (Å²) in [4.78, 5) is 36.3. The smallest absolute Gasteiger partial charge is 0.308 e.